The predicted octanol–water partition coefficient (Wildman–Crippen LogP) is 0.589. The molecule has 7 heteroatoms. The zero-order chi connectivity index (χ0) is 13.9. The predicted molar refractivity (Wildman–Crippen MR) is 71.4 cm³/mol. The molecule has 1 atom stereocenters. The molecule has 0 unspecified atom stereocenters. The molecule has 2 aromatic heterocycles. The van der Waals surface area contributed by atoms with Gasteiger partial charge in [0.15, 0.2) is 0 Å². The Balaban J connectivity index is 1.69. The Morgan fingerprint density at radius 3 is 3.25 bits per heavy atom. The van der Waals surface area contributed by atoms with Crippen molar-refractivity contribution in [1.82, 2.24) is 24.9 Å². The Hall–Kier alpha value is -2.02. The fourth-order valence-corrected chi connectivity index (χ4v) is 2.31. The van der Waals surface area contributed by atoms with Crippen molar-refractivity contribution in [1.29, 1.82) is 0 Å². The molecule has 1 aliphatic rings. The average Bonchev–Trinajstić information content (AvgIpc) is 2.89. The van der Waals surface area contributed by atoms with Crippen molar-refractivity contribution < 1.29 is 9.53 Å². The quantitative estimate of drug-likeness (QED) is 0.886. The molecule has 0 aromatic carbocycles. The largest absolute Gasteiger partial charge is 0.381 e. The second-order valence-corrected chi connectivity index (χ2v) is 5.06. The van der Waals surface area contributed by atoms with Crippen LogP contribution in [-0.4, -0.2) is 45.2 Å². The third-order valence-electron chi connectivity index (χ3n) is 3.43. The van der Waals surface area contributed by atoms with Crippen LogP contribution in [0.2, 0.25) is 0 Å². The number of amides is 1. The highest BCUT2D eigenvalue weighted by atomic mass is 16.5. The van der Waals surface area contributed by atoms with Crippen LogP contribution in [0.4, 0.5) is 0 Å². The molecule has 1 saturated heterocycles. The molecule has 3 heterocycles. The van der Waals surface area contributed by atoms with E-state index in [4.69, 9.17) is 4.74 Å². The Morgan fingerprint density at radius 2 is 2.45 bits per heavy atom. The molecule has 1 aliphatic heterocycles. The Bertz CT molecular complexity index is 618. The summed E-state index contributed by atoms with van der Waals surface area (Å²) in [6, 6.07) is 1.82. The summed E-state index contributed by atoms with van der Waals surface area (Å²) in [6.07, 6.45) is 3.90. The Morgan fingerprint density at radius 1 is 1.55 bits per heavy atom. The molecule has 1 amide bonds. The maximum Gasteiger partial charge on any atom is 0.289 e. The van der Waals surface area contributed by atoms with E-state index in [1.165, 1.54) is 0 Å². The molecular formula is C13H17N5O2. The molecule has 0 saturated carbocycles. The number of ether oxygens (including phenoxy) is 1. The van der Waals surface area contributed by atoms with Gasteiger partial charge in [-0.3, -0.25) is 9.20 Å². The fourth-order valence-electron chi connectivity index (χ4n) is 2.31. The standard InChI is InChI=1S/C13H17N5O2/c1-9-4-5-18-11(16-17-13(18)15-9)12(19)14-7-10-3-2-6-20-8-10/h4-5,10H,2-3,6-8H2,1H3,(H,14,19)/t10-/m1/s1. The topological polar surface area (TPSA) is 81.4 Å². The van der Waals surface area contributed by atoms with E-state index in [9.17, 15) is 4.79 Å². The zero-order valence-electron chi connectivity index (χ0n) is 11.4. The highest BCUT2D eigenvalue weighted by Gasteiger charge is 2.18. The summed E-state index contributed by atoms with van der Waals surface area (Å²) in [7, 11) is 0. The summed E-state index contributed by atoms with van der Waals surface area (Å²) in [5, 5.41) is 10.7. The maximum absolute atomic E-state index is 12.1. The van der Waals surface area contributed by atoms with Gasteiger partial charge in [0, 0.05) is 25.0 Å². The minimum atomic E-state index is -0.228. The number of rotatable bonds is 3. The third kappa shape index (κ3) is 2.62. The first-order valence-electron chi connectivity index (χ1n) is 6.78. The molecule has 7 nitrogen and oxygen atoms in total. The monoisotopic (exact) mass is 275 g/mol. The Labute approximate surface area is 116 Å². The summed E-state index contributed by atoms with van der Waals surface area (Å²) in [5.41, 5.74) is 0.844. The van der Waals surface area contributed by atoms with Gasteiger partial charge in [0.2, 0.25) is 5.82 Å². The van der Waals surface area contributed by atoms with Gasteiger partial charge in [-0.25, -0.2) is 4.98 Å². The minimum absolute atomic E-state index is 0.228. The van der Waals surface area contributed by atoms with Crippen LogP contribution >= 0.6 is 0 Å². The third-order valence-corrected chi connectivity index (χ3v) is 3.43. The van der Waals surface area contributed by atoms with E-state index in [1.54, 1.807) is 10.6 Å². The normalized spacial score (nSPS) is 19.1. The molecular weight excluding hydrogens is 258 g/mol. The van der Waals surface area contributed by atoms with E-state index in [2.05, 4.69) is 20.5 Å². The lowest BCUT2D eigenvalue weighted by Crippen LogP contribution is -2.34. The summed E-state index contributed by atoms with van der Waals surface area (Å²) >= 11 is 0. The molecule has 3 rings (SSSR count). The van der Waals surface area contributed by atoms with Crippen LogP contribution in [0.15, 0.2) is 12.3 Å². The van der Waals surface area contributed by atoms with Crippen LogP contribution in [0, 0.1) is 12.8 Å². The first kappa shape index (κ1) is 13.0. The molecule has 0 spiro atoms. The lowest BCUT2D eigenvalue weighted by Gasteiger charge is -2.21. The van der Waals surface area contributed by atoms with Crippen LogP contribution < -0.4 is 5.32 Å². The fraction of sp³-hybridized carbons (Fsp3) is 0.538. The van der Waals surface area contributed by atoms with Gasteiger partial charge in [-0.2, -0.15) is 0 Å². The van der Waals surface area contributed by atoms with E-state index >= 15 is 0 Å². The van der Waals surface area contributed by atoms with E-state index in [0.717, 1.165) is 25.1 Å². The number of carbonyl (C=O) groups excluding carboxylic acids is 1. The van der Waals surface area contributed by atoms with Gasteiger partial charge in [-0.05, 0) is 31.7 Å². The van der Waals surface area contributed by atoms with Gasteiger partial charge in [0.05, 0.1) is 6.61 Å². The highest BCUT2D eigenvalue weighted by molar-refractivity contribution is 5.91. The van der Waals surface area contributed by atoms with Crippen molar-refractivity contribution in [3.63, 3.8) is 0 Å². The number of aromatic nitrogens is 4. The summed E-state index contributed by atoms with van der Waals surface area (Å²) in [5.74, 6) is 0.862. The smallest absolute Gasteiger partial charge is 0.289 e. The molecule has 1 fully saturated rings. The van der Waals surface area contributed by atoms with Gasteiger partial charge in [-0.1, -0.05) is 0 Å². The van der Waals surface area contributed by atoms with Gasteiger partial charge in [-0.15, -0.1) is 10.2 Å². The van der Waals surface area contributed by atoms with Crippen molar-refractivity contribution in [2.24, 2.45) is 5.92 Å². The number of hydrogen-bond acceptors (Lipinski definition) is 5. The SMILES string of the molecule is Cc1ccn2c(C(=O)NC[C@H]3CCCOC3)nnc2n1. The summed E-state index contributed by atoms with van der Waals surface area (Å²) in [6.45, 7) is 4.01. The second kappa shape index (κ2) is 5.54. The molecule has 1 N–H and O–H groups in total. The highest BCUT2D eigenvalue weighted by Crippen LogP contribution is 2.12. The number of aryl methyl sites for hydroxylation is 1. The van der Waals surface area contributed by atoms with Crippen LogP contribution in [0.3, 0.4) is 0 Å². The second-order valence-electron chi connectivity index (χ2n) is 5.06. The molecule has 2 aromatic rings. The van der Waals surface area contributed by atoms with E-state index in [-0.39, 0.29) is 11.7 Å². The molecule has 0 radical (unpaired) electrons. The first-order chi connectivity index (χ1) is 9.74. The van der Waals surface area contributed by atoms with Gasteiger partial charge in [0.25, 0.3) is 11.7 Å². The Kier molecular flexibility index (Phi) is 3.60. The van der Waals surface area contributed by atoms with Gasteiger partial charge >= 0.3 is 0 Å². The van der Waals surface area contributed by atoms with Gasteiger partial charge < -0.3 is 10.1 Å². The van der Waals surface area contributed by atoms with Crippen molar-refractivity contribution >= 4 is 11.7 Å². The van der Waals surface area contributed by atoms with Crippen molar-refractivity contribution in [2.75, 3.05) is 19.8 Å². The lowest BCUT2D eigenvalue weighted by molar-refractivity contribution is 0.0535. The van der Waals surface area contributed by atoms with Gasteiger partial charge in [0.1, 0.15) is 0 Å². The van der Waals surface area contributed by atoms with Crippen LogP contribution in [0.25, 0.3) is 5.78 Å². The molecule has 20 heavy (non-hydrogen) atoms. The summed E-state index contributed by atoms with van der Waals surface area (Å²) in [4.78, 5) is 16.4. The van der Waals surface area contributed by atoms with Crippen LogP contribution in [-0.2, 0) is 4.74 Å². The number of nitrogens with zero attached hydrogens (tertiary/aromatic N) is 4. The van der Waals surface area contributed by atoms with E-state index < -0.39 is 0 Å². The number of hydrogen-bond donors (Lipinski definition) is 1. The van der Waals surface area contributed by atoms with Crippen molar-refractivity contribution in [3.8, 4) is 0 Å². The van der Waals surface area contributed by atoms with Crippen molar-refractivity contribution in [2.45, 2.75) is 19.8 Å². The van der Waals surface area contributed by atoms with E-state index in [1.807, 2.05) is 13.0 Å². The average molecular weight is 275 g/mol. The number of nitrogens with one attached hydrogen (secondary N) is 1. The van der Waals surface area contributed by atoms with E-state index in [0.29, 0.717) is 24.8 Å². The zero-order valence-corrected chi connectivity index (χ0v) is 11.4. The lowest BCUT2D eigenvalue weighted by atomic mass is 10.0. The maximum atomic E-state index is 12.1. The van der Waals surface area contributed by atoms with Crippen LogP contribution in [0.5, 0.6) is 0 Å². The summed E-state index contributed by atoms with van der Waals surface area (Å²) < 4.78 is 6.99. The van der Waals surface area contributed by atoms with Crippen molar-refractivity contribution in [3.05, 3.63) is 23.8 Å². The minimum Gasteiger partial charge on any atom is -0.381 e. The molecule has 0 bridgehead atoms. The molecule has 106 valence electrons. The molecule has 0 aliphatic carbocycles. The number of fused-ring (bicyclic) bond motifs is 1. The van der Waals surface area contributed by atoms with Crippen LogP contribution in [0.1, 0.15) is 29.2 Å². The first-order valence-corrected chi connectivity index (χ1v) is 6.78. The number of carbonyl (C=O) groups is 1.